The van der Waals surface area contributed by atoms with Gasteiger partial charge in [-0.15, -0.1) is 6.58 Å². The average molecular weight is 295 g/mol. The van der Waals surface area contributed by atoms with Crippen LogP contribution in [0.15, 0.2) is 43.1 Å². The maximum Gasteiger partial charge on any atom is 0.229 e. The fourth-order valence-electron chi connectivity index (χ4n) is 1.41. The first-order valence-electron chi connectivity index (χ1n) is 5.59. The Labute approximate surface area is 121 Å². The Morgan fingerprint density at radius 1 is 1.26 bits per heavy atom. The largest absolute Gasteiger partial charge is 0.366 e. The fourth-order valence-corrected chi connectivity index (χ4v) is 1.74. The normalized spacial score (nSPS) is 10.0. The molecule has 6 heteroatoms. The van der Waals surface area contributed by atoms with E-state index in [-0.39, 0.29) is 0 Å². The molecule has 1 heterocycles. The fraction of sp³-hybridized carbons (Fsp3) is 0.0769. The van der Waals surface area contributed by atoms with Gasteiger partial charge in [-0.05, 0) is 24.3 Å². The third kappa shape index (κ3) is 3.84. The van der Waals surface area contributed by atoms with Crippen LogP contribution in [0.3, 0.4) is 0 Å². The summed E-state index contributed by atoms with van der Waals surface area (Å²) >= 11 is 12.0. The summed E-state index contributed by atoms with van der Waals surface area (Å²) in [6.45, 7) is 4.27. The molecule has 19 heavy (non-hydrogen) atoms. The molecule has 0 spiro atoms. The van der Waals surface area contributed by atoms with E-state index in [9.17, 15) is 0 Å². The number of hydrogen-bond acceptors (Lipinski definition) is 4. The van der Waals surface area contributed by atoms with Gasteiger partial charge in [0.2, 0.25) is 5.95 Å². The van der Waals surface area contributed by atoms with Crippen LogP contribution in [-0.2, 0) is 0 Å². The van der Waals surface area contributed by atoms with Crippen LogP contribution in [0, 0.1) is 0 Å². The lowest BCUT2D eigenvalue weighted by Crippen LogP contribution is -2.03. The van der Waals surface area contributed by atoms with Gasteiger partial charge in [0, 0.05) is 17.8 Å². The second-order valence-electron chi connectivity index (χ2n) is 3.68. The van der Waals surface area contributed by atoms with Crippen molar-refractivity contribution < 1.29 is 0 Å². The van der Waals surface area contributed by atoms with Crippen molar-refractivity contribution in [3.8, 4) is 0 Å². The number of nitrogens with zero attached hydrogens (tertiary/aromatic N) is 2. The molecule has 0 aliphatic carbocycles. The van der Waals surface area contributed by atoms with E-state index in [0.29, 0.717) is 34.0 Å². The second kappa shape index (κ2) is 6.41. The first kappa shape index (κ1) is 13.6. The van der Waals surface area contributed by atoms with Crippen LogP contribution in [0.4, 0.5) is 17.5 Å². The van der Waals surface area contributed by atoms with E-state index in [1.807, 2.05) is 0 Å². The summed E-state index contributed by atoms with van der Waals surface area (Å²) in [5.74, 6) is 1.15. The van der Waals surface area contributed by atoms with E-state index in [1.165, 1.54) is 0 Å². The maximum absolute atomic E-state index is 6.06. The molecular weight excluding hydrogens is 283 g/mol. The van der Waals surface area contributed by atoms with Gasteiger partial charge in [-0.25, -0.2) is 4.98 Å². The predicted molar refractivity (Wildman–Crippen MR) is 80.5 cm³/mol. The summed E-state index contributed by atoms with van der Waals surface area (Å²) in [6, 6.07) is 6.93. The summed E-state index contributed by atoms with van der Waals surface area (Å²) in [5, 5.41) is 7.25. The first-order chi connectivity index (χ1) is 9.19. The molecule has 98 valence electrons. The lowest BCUT2D eigenvalue weighted by atomic mass is 10.3. The number of hydrogen-bond donors (Lipinski definition) is 2. The lowest BCUT2D eigenvalue weighted by Gasteiger charge is -2.08. The van der Waals surface area contributed by atoms with Crippen LogP contribution in [0.2, 0.25) is 10.0 Å². The quantitative estimate of drug-likeness (QED) is 0.814. The molecule has 2 aromatic rings. The van der Waals surface area contributed by atoms with Gasteiger partial charge in [-0.1, -0.05) is 29.3 Å². The van der Waals surface area contributed by atoms with Crippen LogP contribution in [0.25, 0.3) is 0 Å². The zero-order chi connectivity index (χ0) is 13.7. The number of anilines is 3. The Balaban J connectivity index is 2.18. The van der Waals surface area contributed by atoms with Crippen LogP contribution < -0.4 is 10.6 Å². The van der Waals surface area contributed by atoms with Crippen LogP contribution in [-0.4, -0.2) is 16.5 Å². The molecule has 0 aliphatic heterocycles. The SMILES string of the molecule is C=CCNc1ccnc(Nc2cc(Cl)ccc2Cl)n1. The Morgan fingerprint density at radius 3 is 2.89 bits per heavy atom. The molecular formula is C13H12Cl2N4. The molecule has 0 saturated carbocycles. The number of aromatic nitrogens is 2. The molecule has 0 saturated heterocycles. The highest BCUT2D eigenvalue weighted by molar-refractivity contribution is 6.35. The van der Waals surface area contributed by atoms with Gasteiger partial charge < -0.3 is 10.6 Å². The molecule has 0 unspecified atom stereocenters. The molecule has 0 atom stereocenters. The predicted octanol–water partition coefficient (Wildman–Crippen LogP) is 4.12. The van der Waals surface area contributed by atoms with E-state index in [4.69, 9.17) is 23.2 Å². The molecule has 0 radical (unpaired) electrons. The van der Waals surface area contributed by atoms with Gasteiger partial charge in [-0.2, -0.15) is 4.98 Å². The first-order valence-corrected chi connectivity index (χ1v) is 6.34. The molecule has 2 rings (SSSR count). The number of halogens is 2. The van der Waals surface area contributed by atoms with Crippen molar-refractivity contribution in [1.29, 1.82) is 0 Å². The summed E-state index contributed by atoms with van der Waals surface area (Å²) in [6.07, 6.45) is 3.41. The number of benzene rings is 1. The van der Waals surface area contributed by atoms with E-state index in [2.05, 4.69) is 27.2 Å². The smallest absolute Gasteiger partial charge is 0.229 e. The highest BCUT2D eigenvalue weighted by Gasteiger charge is 2.04. The van der Waals surface area contributed by atoms with Crippen LogP contribution in [0.5, 0.6) is 0 Å². The van der Waals surface area contributed by atoms with Crippen LogP contribution >= 0.6 is 23.2 Å². The molecule has 0 aliphatic rings. The van der Waals surface area contributed by atoms with Crippen molar-refractivity contribution in [3.05, 3.63) is 53.2 Å². The van der Waals surface area contributed by atoms with Gasteiger partial charge in [0.15, 0.2) is 0 Å². The van der Waals surface area contributed by atoms with Crippen molar-refractivity contribution in [2.24, 2.45) is 0 Å². The summed E-state index contributed by atoms with van der Waals surface area (Å²) in [4.78, 5) is 8.42. The summed E-state index contributed by atoms with van der Waals surface area (Å²) < 4.78 is 0. The molecule has 0 fully saturated rings. The summed E-state index contributed by atoms with van der Waals surface area (Å²) in [5.41, 5.74) is 0.662. The second-order valence-corrected chi connectivity index (χ2v) is 4.53. The molecule has 2 N–H and O–H groups in total. The molecule has 0 amide bonds. The Hall–Kier alpha value is -1.78. The van der Waals surface area contributed by atoms with Gasteiger partial charge >= 0.3 is 0 Å². The third-order valence-corrected chi connectivity index (χ3v) is 2.82. The summed E-state index contributed by atoms with van der Waals surface area (Å²) in [7, 11) is 0. The number of nitrogens with one attached hydrogen (secondary N) is 2. The maximum atomic E-state index is 6.06. The minimum Gasteiger partial charge on any atom is -0.366 e. The van der Waals surface area contributed by atoms with E-state index in [1.54, 1.807) is 36.5 Å². The standard InChI is InChI=1S/C13H12Cl2N4/c1-2-6-16-12-5-7-17-13(19-12)18-11-8-9(14)3-4-10(11)15/h2-5,7-8H,1,6H2,(H2,16,17,18,19). The van der Waals surface area contributed by atoms with Crippen molar-refractivity contribution >= 4 is 40.7 Å². The van der Waals surface area contributed by atoms with Crippen molar-refractivity contribution in [1.82, 2.24) is 9.97 Å². The van der Waals surface area contributed by atoms with Crippen molar-refractivity contribution in [3.63, 3.8) is 0 Å². The number of rotatable bonds is 5. The molecule has 1 aromatic heterocycles. The topological polar surface area (TPSA) is 49.8 Å². The van der Waals surface area contributed by atoms with Gasteiger partial charge in [-0.3, -0.25) is 0 Å². The minimum absolute atomic E-state index is 0.443. The van der Waals surface area contributed by atoms with Gasteiger partial charge in [0.1, 0.15) is 5.82 Å². The highest BCUT2D eigenvalue weighted by Crippen LogP contribution is 2.27. The zero-order valence-electron chi connectivity index (χ0n) is 10.0. The van der Waals surface area contributed by atoms with E-state index < -0.39 is 0 Å². The van der Waals surface area contributed by atoms with Gasteiger partial charge in [0.25, 0.3) is 0 Å². The van der Waals surface area contributed by atoms with Crippen molar-refractivity contribution in [2.75, 3.05) is 17.2 Å². The third-order valence-electron chi connectivity index (χ3n) is 2.26. The van der Waals surface area contributed by atoms with Gasteiger partial charge in [0.05, 0.1) is 10.7 Å². The van der Waals surface area contributed by atoms with Crippen LogP contribution in [0.1, 0.15) is 0 Å². The van der Waals surface area contributed by atoms with E-state index >= 15 is 0 Å². The zero-order valence-corrected chi connectivity index (χ0v) is 11.5. The minimum atomic E-state index is 0.443. The Kier molecular flexibility index (Phi) is 4.60. The molecule has 1 aromatic carbocycles. The van der Waals surface area contributed by atoms with Crippen molar-refractivity contribution in [2.45, 2.75) is 0 Å². The monoisotopic (exact) mass is 294 g/mol. The average Bonchev–Trinajstić information content (AvgIpc) is 2.41. The lowest BCUT2D eigenvalue weighted by molar-refractivity contribution is 1.14. The van der Waals surface area contributed by atoms with E-state index in [0.717, 1.165) is 0 Å². The molecule has 0 bridgehead atoms. The highest BCUT2D eigenvalue weighted by atomic mass is 35.5. The Bertz CT molecular complexity index is 587. The Morgan fingerprint density at radius 2 is 2.11 bits per heavy atom. The molecule has 4 nitrogen and oxygen atoms in total.